The molecule has 0 unspecified atom stereocenters. The van der Waals surface area contributed by atoms with Crippen molar-refractivity contribution in [3.8, 4) is 0 Å². The number of amides is 2. The molecule has 0 bridgehead atoms. The number of nitrogens with one attached hydrogen (secondary N) is 2. The number of imide groups is 1. The van der Waals surface area contributed by atoms with Crippen LogP contribution in [0.4, 0.5) is 0 Å². The van der Waals surface area contributed by atoms with Crippen molar-refractivity contribution in [2.45, 2.75) is 33.2 Å². The Morgan fingerprint density at radius 1 is 1.17 bits per heavy atom. The summed E-state index contributed by atoms with van der Waals surface area (Å²) in [6.07, 6.45) is 0. The molecular formula is C20H26IN5O3. The van der Waals surface area contributed by atoms with E-state index in [2.05, 4.69) is 34.6 Å². The van der Waals surface area contributed by atoms with Gasteiger partial charge in [-0.25, -0.2) is 4.99 Å². The highest BCUT2D eigenvalue weighted by atomic mass is 127. The van der Waals surface area contributed by atoms with Crippen LogP contribution in [-0.2, 0) is 6.54 Å². The van der Waals surface area contributed by atoms with E-state index in [1.54, 1.807) is 24.3 Å². The fourth-order valence-corrected chi connectivity index (χ4v) is 2.90. The summed E-state index contributed by atoms with van der Waals surface area (Å²) in [6, 6.07) is 8.77. The number of aromatic nitrogens is 1. The molecule has 2 aromatic rings. The second-order valence-electron chi connectivity index (χ2n) is 6.80. The minimum Gasteiger partial charge on any atom is -0.359 e. The molecule has 3 rings (SSSR count). The molecule has 1 aromatic carbocycles. The Hall–Kier alpha value is -2.43. The van der Waals surface area contributed by atoms with Crippen molar-refractivity contribution in [2.75, 3.05) is 19.6 Å². The van der Waals surface area contributed by atoms with Crippen molar-refractivity contribution in [3.05, 3.63) is 52.9 Å². The van der Waals surface area contributed by atoms with E-state index in [-0.39, 0.29) is 42.3 Å². The van der Waals surface area contributed by atoms with Crippen molar-refractivity contribution >= 4 is 41.8 Å². The summed E-state index contributed by atoms with van der Waals surface area (Å²) >= 11 is 0. The monoisotopic (exact) mass is 511 g/mol. The van der Waals surface area contributed by atoms with Crippen molar-refractivity contribution in [2.24, 2.45) is 4.99 Å². The number of carbonyl (C=O) groups excluding carboxylic acids is 2. The summed E-state index contributed by atoms with van der Waals surface area (Å²) < 4.78 is 5.29. The first kappa shape index (κ1) is 22.9. The van der Waals surface area contributed by atoms with Crippen LogP contribution in [0, 0.1) is 0 Å². The Bertz CT molecular complexity index is 859. The first-order valence-electron chi connectivity index (χ1n) is 9.44. The minimum absolute atomic E-state index is 0. The molecule has 0 spiro atoms. The highest BCUT2D eigenvalue weighted by Crippen LogP contribution is 2.21. The summed E-state index contributed by atoms with van der Waals surface area (Å²) in [5.74, 6) is 1.05. The fraction of sp³-hybridized carbons (Fsp3) is 0.400. The number of hydrogen-bond acceptors (Lipinski definition) is 5. The molecule has 29 heavy (non-hydrogen) atoms. The fourth-order valence-electron chi connectivity index (χ4n) is 2.90. The van der Waals surface area contributed by atoms with Gasteiger partial charge in [0.2, 0.25) is 0 Å². The van der Waals surface area contributed by atoms with E-state index >= 15 is 0 Å². The van der Waals surface area contributed by atoms with Gasteiger partial charge in [-0.15, -0.1) is 24.0 Å². The minimum atomic E-state index is -0.257. The summed E-state index contributed by atoms with van der Waals surface area (Å²) in [5.41, 5.74) is 1.81. The zero-order chi connectivity index (χ0) is 20.1. The molecule has 2 amide bonds. The largest absolute Gasteiger partial charge is 0.359 e. The van der Waals surface area contributed by atoms with Gasteiger partial charge in [-0.3, -0.25) is 14.5 Å². The Balaban J connectivity index is 0.00000300. The van der Waals surface area contributed by atoms with E-state index in [9.17, 15) is 9.59 Å². The van der Waals surface area contributed by atoms with Gasteiger partial charge in [-0.1, -0.05) is 31.1 Å². The molecular weight excluding hydrogens is 485 g/mol. The maximum absolute atomic E-state index is 12.4. The first-order chi connectivity index (χ1) is 13.5. The summed E-state index contributed by atoms with van der Waals surface area (Å²) in [6.45, 7) is 7.76. The molecule has 2 N–H and O–H groups in total. The standard InChI is InChI=1S/C20H25N5O3.HI/c1-4-21-20(23-12-14-11-17(13(2)3)24-28-14)22-9-10-25-18(26)15-7-5-6-8-16(15)19(25)27;/h5-8,11,13H,4,9-10,12H2,1-3H3,(H2,21,22,23);1H. The third-order valence-corrected chi connectivity index (χ3v) is 4.41. The third kappa shape index (κ3) is 5.34. The number of aliphatic imine (C=N–C) groups is 1. The maximum atomic E-state index is 12.4. The number of halogens is 1. The molecule has 0 saturated heterocycles. The number of rotatable bonds is 7. The Morgan fingerprint density at radius 2 is 1.83 bits per heavy atom. The van der Waals surface area contributed by atoms with E-state index in [1.165, 1.54) is 4.90 Å². The molecule has 1 aliphatic heterocycles. The van der Waals surface area contributed by atoms with Crippen molar-refractivity contribution in [3.63, 3.8) is 0 Å². The van der Waals surface area contributed by atoms with Crippen molar-refractivity contribution in [1.29, 1.82) is 0 Å². The topological polar surface area (TPSA) is 99.8 Å². The molecule has 0 radical (unpaired) electrons. The molecule has 1 aromatic heterocycles. The van der Waals surface area contributed by atoms with Crippen LogP contribution >= 0.6 is 24.0 Å². The number of benzene rings is 1. The molecule has 2 heterocycles. The van der Waals surface area contributed by atoms with Gasteiger partial charge in [0.15, 0.2) is 11.7 Å². The number of nitrogens with zero attached hydrogens (tertiary/aromatic N) is 3. The van der Waals surface area contributed by atoms with Crippen LogP contribution < -0.4 is 10.6 Å². The van der Waals surface area contributed by atoms with Crippen LogP contribution in [0.5, 0.6) is 0 Å². The average molecular weight is 511 g/mol. The summed E-state index contributed by atoms with van der Waals surface area (Å²) in [4.78, 5) is 30.5. The van der Waals surface area contributed by atoms with Crippen LogP contribution in [0.25, 0.3) is 0 Å². The highest BCUT2D eigenvalue weighted by Gasteiger charge is 2.34. The predicted molar refractivity (Wildman–Crippen MR) is 121 cm³/mol. The second-order valence-corrected chi connectivity index (χ2v) is 6.80. The zero-order valence-corrected chi connectivity index (χ0v) is 19.1. The smallest absolute Gasteiger partial charge is 0.261 e. The van der Waals surface area contributed by atoms with Gasteiger partial charge in [0, 0.05) is 25.7 Å². The normalized spacial score (nSPS) is 13.5. The summed E-state index contributed by atoms with van der Waals surface area (Å²) in [7, 11) is 0. The number of guanidine groups is 1. The van der Waals surface area contributed by atoms with Crippen LogP contribution in [-0.4, -0.2) is 47.5 Å². The van der Waals surface area contributed by atoms with E-state index in [4.69, 9.17) is 4.52 Å². The van der Waals surface area contributed by atoms with Gasteiger partial charge < -0.3 is 15.2 Å². The molecule has 9 heteroatoms. The SMILES string of the molecule is CCNC(=NCc1cc(C(C)C)no1)NCCN1C(=O)c2ccccc2C1=O.I. The van der Waals surface area contributed by atoms with Crippen LogP contribution in [0.3, 0.4) is 0 Å². The zero-order valence-electron chi connectivity index (χ0n) is 16.8. The lowest BCUT2D eigenvalue weighted by atomic mass is 10.1. The van der Waals surface area contributed by atoms with E-state index < -0.39 is 0 Å². The lowest BCUT2D eigenvalue weighted by molar-refractivity contribution is 0.0657. The van der Waals surface area contributed by atoms with Crippen molar-refractivity contribution in [1.82, 2.24) is 20.7 Å². The Morgan fingerprint density at radius 3 is 2.38 bits per heavy atom. The van der Waals surface area contributed by atoms with E-state index in [0.29, 0.717) is 48.4 Å². The Kier molecular flexibility index (Phi) is 8.18. The molecule has 0 fully saturated rings. The second kappa shape index (κ2) is 10.4. The lowest BCUT2D eigenvalue weighted by Gasteiger charge is -2.16. The first-order valence-corrected chi connectivity index (χ1v) is 9.44. The van der Waals surface area contributed by atoms with Gasteiger partial charge >= 0.3 is 0 Å². The molecule has 0 atom stereocenters. The van der Waals surface area contributed by atoms with E-state index in [1.807, 2.05) is 13.0 Å². The van der Waals surface area contributed by atoms with Crippen LogP contribution in [0.1, 0.15) is 58.9 Å². The Labute approximate surface area is 187 Å². The van der Waals surface area contributed by atoms with E-state index in [0.717, 1.165) is 5.69 Å². The van der Waals surface area contributed by atoms with Gasteiger partial charge in [0.05, 0.1) is 16.8 Å². The van der Waals surface area contributed by atoms with Crippen LogP contribution in [0.2, 0.25) is 0 Å². The molecule has 156 valence electrons. The molecule has 1 aliphatic rings. The predicted octanol–water partition coefficient (Wildman–Crippen LogP) is 2.77. The van der Waals surface area contributed by atoms with Gasteiger partial charge in [0.25, 0.3) is 11.8 Å². The highest BCUT2D eigenvalue weighted by molar-refractivity contribution is 14.0. The van der Waals surface area contributed by atoms with Gasteiger partial charge in [-0.2, -0.15) is 0 Å². The average Bonchev–Trinajstić information content (AvgIpc) is 3.26. The van der Waals surface area contributed by atoms with Gasteiger partial charge in [-0.05, 0) is 25.0 Å². The lowest BCUT2D eigenvalue weighted by Crippen LogP contribution is -2.43. The number of hydrogen-bond donors (Lipinski definition) is 2. The number of fused-ring (bicyclic) bond motifs is 1. The number of carbonyl (C=O) groups is 2. The van der Waals surface area contributed by atoms with Crippen molar-refractivity contribution < 1.29 is 14.1 Å². The molecule has 0 aliphatic carbocycles. The quantitative estimate of drug-likeness (QED) is 0.257. The van der Waals surface area contributed by atoms with Crippen LogP contribution in [0.15, 0.2) is 39.8 Å². The molecule has 0 saturated carbocycles. The summed E-state index contributed by atoms with van der Waals surface area (Å²) in [5, 5.41) is 10.3. The maximum Gasteiger partial charge on any atom is 0.261 e. The third-order valence-electron chi connectivity index (χ3n) is 4.41. The van der Waals surface area contributed by atoms with Gasteiger partial charge in [0.1, 0.15) is 6.54 Å². The molecule has 8 nitrogen and oxygen atoms in total.